The quantitative estimate of drug-likeness (QED) is 0.895. The summed E-state index contributed by atoms with van der Waals surface area (Å²) in [4.78, 5) is 11.5. The van der Waals surface area contributed by atoms with Crippen molar-refractivity contribution in [1.29, 1.82) is 5.26 Å². The fourth-order valence-corrected chi connectivity index (χ4v) is 2.31. The molecule has 0 bridgehead atoms. The van der Waals surface area contributed by atoms with Crippen LogP contribution in [0.4, 0.5) is 11.6 Å². The zero-order chi connectivity index (χ0) is 15.6. The third-order valence-corrected chi connectivity index (χ3v) is 3.54. The molecule has 1 aromatic rings. The van der Waals surface area contributed by atoms with Crippen LogP contribution in [0.25, 0.3) is 0 Å². The Kier molecular flexibility index (Phi) is 4.33. The predicted octanol–water partition coefficient (Wildman–Crippen LogP) is 1.85. The Morgan fingerprint density at radius 1 is 1.38 bits per heavy atom. The molecule has 1 saturated heterocycles. The van der Waals surface area contributed by atoms with E-state index in [4.69, 9.17) is 15.0 Å². The highest BCUT2D eigenvalue weighted by Crippen LogP contribution is 2.29. The molecule has 1 fully saturated rings. The summed E-state index contributed by atoms with van der Waals surface area (Å²) in [6, 6.07) is 2.17. The number of anilines is 2. The summed E-state index contributed by atoms with van der Waals surface area (Å²) >= 11 is 0. The van der Waals surface area contributed by atoms with E-state index in [9.17, 15) is 0 Å². The third kappa shape index (κ3) is 3.24. The topological polar surface area (TPSA) is 74.1 Å². The maximum atomic E-state index is 9.06. The fourth-order valence-electron chi connectivity index (χ4n) is 2.31. The lowest BCUT2D eigenvalue weighted by Crippen LogP contribution is -2.43. The van der Waals surface area contributed by atoms with E-state index in [-0.39, 0.29) is 5.41 Å². The van der Waals surface area contributed by atoms with Gasteiger partial charge in [-0.3, -0.25) is 0 Å². The number of ether oxygens (including phenoxy) is 1. The van der Waals surface area contributed by atoms with E-state index in [1.807, 2.05) is 14.0 Å². The minimum absolute atomic E-state index is 0.130. The van der Waals surface area contributed by atoms with Crippen LogP contribution in [0.1, 0.15) is 32.2 Å². The Labute approximate surface area is 126 Å². The van der Waals surface area contributed by atoms with Crippen molar-refractivity contribution >= 4 is 11.6 Å². The second kappa shape index (κ2) is 5.86. The number of hydrogen-bond donors (Lipinski definition) is 1. The molecule has 1 aliphatic heterocycles. The molecular weight excluding hydrogens is 266 g/mol. The van der Waals surface area contributed by atoms with Crippen LogP contribution in [0.5, 0.6) is 0 Å². The average molecular weight is 289 g/mol. The smallest absolute Gasteiger partial charge is 0.161 e. The number of nitriles is 1. The highest BCUT2D eigenvalue weighted by molar-refractivity contribution is 5.59. The monoisotopic (exact) mass is 289 g/mol. The third-order valence-electron chi connectivity index (χ3n) is 3.54. The van der Waals surface area contributed by atoms with Gasteiger partial charge in [-0.15, -0.1) is 0 Å². The number of nitrogens with one attached hydrogen (secondary N) is 1. The van der Waals surface area contributed by atoms with E-state index in [1.165, 1.54) is 0 Å². The normalized spacial score (nSPS) is 19.2. The molecule has 0 spiro atoms. The Bertz CT molecular complexity index is 558. The lowest BCUT2D eigenvalue weighted by atomic mass is 9.95. The molecule has 6 heteroatoms. The first kappa shape index (κ1) is 15.5. The van der Waals surface area contributed by atoms with Crippen molar-refractivity contribution in [3.8, 4) is 6.07 Å². The zero-order valence-electron chi connectivity index (χ0n) is 13.4. The van der Waals surface area contributed by atoms with Crippen LogP contribution in [-0.2, 0) is 10.2 Å². The van der Waals surface area contributed by atoms with Gasteiger partial charge in [0.1, 0.15) is 17.5 Å². The molecule has 2 rings (SSSR count). The van der Waals surface area contributed by atoms with Crippen molar-refractivity contribution in [2.45, 2.75) is 39.2 Å². The van der Waals surface area contributed by atoms with Crippen molar-refractivity contribution in [2.24, 2.45) is 0 Å². The maximum absolute atomic E-state index is 9.06. The van der Waals surface area contributed by atoms with Crippen LogP contribution in [0.2, 0.25) is 0 Å². The summed E-state index contributed by atoms with van der Waals surface area (Å²) in [5.74, 6) is 2.53. The van der Waals surface area contributed by atoms with Gasteiger partial charge in [-0.05, 0) is 6.92 Å². The average Bonchev–Trinajstić information content (AvgIpc) is 2.46. The van der Waals surface area contributed by atoms with Crippen molar-refractivity contribution < 1.29 is 4.74 Å². The summed E-state index contributed by atoms with van der Waals surface area (Å²) in [5.41, 5.74) is 0.874. The largest absolute Gasteiger partial charge is 0.373 e. The molecule has 0 radical (unpaired) electrons. The van der Waals surface area contributed by atoms with Crippen LogP contribution in [0, 0.1) is 18.3 Å². The molecule has 1 aromatic heterocycles. The van der Waals surface area contributed by atoms with Gasteiger partial charge in [-0.25, -0.2) is 9.97 Å². The van der Waals surface area contributed by atoms with E-state index in [1.54, 1.807) is 0 Å². The molecular formula is C15H23N5O. The molecule has 6 nitrogen and oxygen atoms in total. The second-order valence-corrected chi connectivity index (χ2v) is 6.28. The summed E-state index contributed by atoms with van der Waals surface area (Å²) in [6.45, 7) is 10.1. The van der Waals surface area contributed by atoms with Gasteiger partial charge in [-0.2, -0.15) is 5.26 Å². The molecule has 114 valence electrons. The summed E-state index contributed by atoms with van der Waals surface area (Å²) < 4.78 is 5.41. The van der Waals surface area contributed by atoms with Gasteiger partial charge in [0.25, 0.3) is 0 Å². The molecule has 1 atom stereocenters. The molecule has 0 aromatic carbocycles. The van der Waals surface area contributed by atoms with Crippen molar-refractivity contribution in [3.63, 3.8) is 0 Å². The number of aromatic nitrogens is 2. The Morgan fingerprint density at radius 3 is 2.67 bits per heavy atom. The van der Waals surface area contributed by atoms with Crippen molar-refractivity contribution in [1.82, 2.24) is 9.97 Å². The van der Waals surface area contributed by atoms with Crippen molar-refractivity contribution in [3.05, 3.63) is 11.4 Å². The summed E-state index contributed by atoms with van der Waals surface area (Å²) in [7, 11) is 1.86. The van der Waals surface area contributed by atoms with Crippen LogP contribution in [0.15, 0.2) is 0 Å². The summed E-state index contributed by atoms with van der Waals surface area (Å²) in [6.07, 6.45) is -0.399. The summed E-state index contributed by atoms with van der Waals surface area (Å²) in [5, 5.41) is 12.2. The van der Waals surface area contributed by atoms with Gasteiger partial charge < -0.3 is 15.0 Å². The Hall–Kier alpha value is -1.87. The standard InChI is InChI=1S/C15H23N5O/c1-10-12(17-5)18-14(15(2,3)4)19-13(10)20-6-7-21-11(8-16)9-20/h11H,6-7,9H2,1-5H3,(H,17,18,19). The number of nitrogens with zero attached hydrogens (tertiary/aromatic N) is 4. The molecule has 1 aliphatic rings. The van der Waals surface area contributed by atoms with Gasteiger partial charge in [0.2, 0.25) is 0 Å². The molecule has 2 heterocycles. The van der Waals surface area contributed by atoms with Crippen LogP contribution >= 0.6 is 0 Å². The zero-order valence-corrected chi connectivity index (χ0v) is 13.4. The van der Waals surface area contributed by atoms with E-state index >= 15 is 0 Å². The predicted molar refractivity (Wildman–Crippen MR) is 82.6 cm³/mol. The van der Waals surface area contributed by atoms with Gasteiger partial charge in [0.15, 0.2) is 6.10 Å². The molecule has 0 saturated carbocycles. The highest BCUT2D eigenvalue weighted by atomic mass is 16.5. The SMILES string of the molecule is CNc1nc(C(C)(C)C)nc(N2CCOC(C#N)C2)c1C. The number of morpholine rings is 1. The van der Waals surface area contributed by atoms with Crippen molar-refractivity contribution in [2.75, 3.05) is 37.0 Å². The minimum atomic E-state index is -0.399. The Balaban J connectivity index is 2.44. The molecule has 1 N–H and O–H groups in total. The van der Waals surface area contributed by atoms with E-state index in [2.05, 4.69) is 42.0 Å². The van der Waals surface area contributed by atoms with Crippen LogP contribution in [0.3, 0.4) is 0 Å². The first-order chi connectivity index (χ1) is 9.86. The second-order valence-electron chi connectivity index (χ2n) is 6.28. The van der Waals surface area contributed by atoms with Gasteiger partial charge >= 0.3 is 0 Å². The lowest BCUT2D eigenvalue weighted by Gasteiger charge is -2.33. The Morgan fingerprint density at radius 2 is 2.10 bits per heavy atom. The lowest BCUT2D eigenvalue weighted by molar-refractivity contribution is 0.0760. The van der Waals surface area contributed by atoms with E-state index < -0.39 is 6.10 Å². The van der Waals surface area contributed by atoms with Gasteiger partial charge in [-0.1, -0.05) is 20.8 Å². The minimum Gasteiger partial charge on any atom is -0.373 e. The maximum Gasteiger partial charge on any atom is 0.161 e. The molecule has 0 amide bonds. The van der Waals surface area contributed by atoms with E-state index in [0.29, 0.717) is 13.2 Å². The molecule has 21 heavy (non-hydrogen) atoms. The first-order valence-corrected chi connectivity index (χ1v) is 7.20. The van der Waals surface area contributed by atoms with E-state index in [0.717, 1.165) is 29.6 Å². The molecule has 0 aliphatic carbocycles. The van der Waals surface area contributed by atoms with Crippen LogP contribution in [-0.4, -0.2) is 42.8 Å². The number of hydrogen-bond acceptors (Lipinski definition) is 6. The van der Waals surface area contributed by atoms with Gasteiger partial charge in [0.05, 0.1) is 19.2 Å². The van der Waals surface area contributed by atoms with Crippen LogP contribution < -0.4 is 10.2 Å². The molecule has 1 unspecified atom stereocenters. The first-order valence-electron chi connectivity index (χ1n) is 7.20. The fraction of sp³-hybridized carbons (Fsp3) is 0.667. The number of rotatable bonds is 2. The highest BCUT2D eigenvalue weighted by Gasteiger charge is 2.26. The van der Waals surface area contributed by atoms with Gasteiger partial charge in [0, 0.05) is 24.6 Å².